The summed E-state index contributed by atoms with van der Waals surface area (Å²) < 4.78 is 0. The molecule has 0 amide bonds. The van der Waals surface area contributed by atoms with E-state index in [0.717, 1.165) is 0 Å². The Balaban J connectivity index is 1.37. The van der Waals surface area contributed by atoms with Gasteiger partial charge in [0, 0.05) is 16.2 Å². The average Bonchev–Trinajstić information content (AvgIpc) is 3.64. The normalized spacial score (nSPS) is 16.0. The first kappa shape index (κ1) is 34.5. The van der Waals surface area contributed by atoms with Gasteiger partial charge in [-0.05, 0) is 150 Å². The predicted octanol–water partition coefficient (Wildman–Crippen LogP) is 15.5. The van der Waals surface area contributed by atoms with Gasteiger partial charge in [-0.15, -0.1) is 0 Å². The summed E-state index contributed by atoms with van der Waals surface area (Å²) in [5, 5.41) is 5.29. The standard InChI is InChI=1S/C57H50/c1-31-23-32(2)26-35(25-31)47-37-17-11-12-18-38(37)48(36-27-33(3)24-34(4)28-36)42-30-46-43(29-41(42)47)51-53-49(39-19-13-16-22-45(39)56(53,7)8)52-50(54(51)57(46,9)10)40-20-14-15-21-44(40)55(52,5)6/h11-30H,1-10H3. The van der Waals surface area contributed by atoms with E-state index in [1.165, 1.54) is 133 Å². The maximum Gasteiger partial charge on any atom is 0.0165 e. The van der Waals surface area contributed by atoms with Crippen LogP contribution in [0.3, 0.4) is 0 Å². The predicted molar refractivity (Wildman–Crippen MR) is 244 cm³/mol. The number of rotatable bonds is 2. The van der Waals surface area contributed by atoms with Gasteiger partial charge in [-0.1, -0.05) is 173 Å². The SMILES string of the molecule is Cc1cc(C)cc(-c2c3ccccc3c(-c3cc(C)cc(C)c3)c3cc4c(cc23)-c2c3c(c5c(c2C4(C)C)-c2ccccc2C5(C)C)-c2ccccc2C3(C)C)c1. The van der Waals surface area contributed by atoms with Gasteiger partial charge >= 0.3 is 0 Å². The lowest BCUT2D eigenvalue weighted by atomic mass is 9.71. The highest BCUT2D eigenvalue weighted by molar-refractivity contribution is 6.23. The second-order valence-electron chi connectivity index (χ2n) is 19.2. The summed E-state index contributed by atoms with van der Waals surface area (Å²) in [5.74, 6) is 0. The fourth-order valence-electron chi connectivity index (χ4n) is 12.1. The zero-order chi connectivity index (χ0) is 39.5. The van der Waals surface area contributed by atoms with Gasteiger partial charge in [-0.2, -0.15) is 0 Å². The molecule has 3 aliphatic carbocycles. The molecule has 0 spiro atoms. The summed E-state index contributed by atoms with van der Waals surface area (Å²) in [7, 11) is 0. The second kappa shape index (κ2) is 11.2. The maximum absolute atomic E-state index is 2.64. The van der Waals surface area contributed by atoms with Crippen LogP contribution in [0.25, 0.3) is 77.2 Å². The molecule has 0 radical (unpaired) electrons. The van der Waals surface area contributed by atoms with Crippen molar-refractivity contribution in [3.8, 4) is 55.6 Å². The van der Waals surface area contributed by atoms with E-state index < -0.39 is 0 Å². The minimum Gasteiger partial charge on any atom is -0.0619 e. The summed E-state index contributed by atoms with van der Waals surface area (Å²) >= 11 is 0. The molecule has 0 aromatic heterocycles. The van der Waals surface area contributed by atoms with E-state index in [2.05, 4.69) is 191 Å². The average molecular weight is 735 g/mol. The Bertz CT molecular complexity index is 3080. The molecule has 0 saturated carbocycles. The van der Waals surface area contributed by atoms with Crippen LogP contribution in [-0.2, 0) is 16.2 Å². The Morgan fingerprint density at radius 3 is 1.09 bits per heavy atom. The van der Waals surface area contributed by atoms with Crippen molar-refractivity contribution in [2.24, 2.45) is 0 Å². The highest BCUT2D eigenvalue weighted by Crippen LogP contribution is 2.68. The van der Waals surface area contributed by atoms with E-state index in [0.29, 0.717) is 0 Å². The first-order valence-corrected chi connectivity index (χ1v) is 20.9. The van der Waals surface area contributed by atoms with Gasteiger partial charge in [0.25, 0.3) is 0 Å². The Morgan fingerprint density at radius 2 is 0.649 bits per heavy atom. The van der Waals surface area contributed by atoms with Gasteiger partial charge in [0.2, 0.25) is 0 Å². The van der Waals surface area contributed by atoms with Crippen LogP contribution in [0, 0.1) is 27.7 Å². The van der Waals surface area contributed by atoms with Gasteiger partial charge in [-0.3, -0.25) is 0 Å². The van der Waals surface area contributed by atoms with Gasteiger partial charge in [0.05, 0.1) is 0 Å². The Hall–Kier alpha value is -5.72. The largest absolute Gasteiger partial charge is 0.0619 e. The Labute approximate surface area is 338 Å². The van der Waals surface area contributed by atoms with Crippen molar-refractivity contribution in [2.45, 2.75) is 85.5 Å². The fourth-order valence-corrected chi connectivity index (χ4v) is 12.1. The molecule has 8 aromatic rings. The monoisotopic (exact) mass is 734 g/mol. The van der Waals surface area contributed by atoms with Crippen molar-refractivity contribution in [2.75, 3.05) is 0 Å². The minimum absolute atomic E-state index is 0.141. The number of hydrogen-bond acceptors (Lipinski definition) is 0. The molecule has 0 fully saturated rings. The minimum atomic E-state index is -0.248. The number of fused-ring (bicyclic) bond motifs is 14. The molecule has 0 nitrogen and oxygen atoms in total. The quantitative estimate of drug-likeness (QED) is 0.155. The summed E-state index contributed by atoms with van der Waals surface area (Å²) in [6.07, 6.45) is 0. The van der Waals surface area contributed by atoms with E-state index in [-0.39, 0.29) is 16.2 Å². The van der Waals surface area contributed by atoms with Gasteiger partial charge in [-0.25, -0.2) is 0 Å². The first-order valence-electron chi connectivity index (χ1n) is 20.9. The summed E-state index contributed by atoms with van der Waals surface area (Å²) in [6, 6.07) is 47.2. The molecule has 3 aliphatic rings. The van der Waals surface area contributed by atoms with Crippen LogP contribution in [0.5, 0.6) is 0 Å². The molecule has 0 bridgehead atoms. The molecule has 8 aromatic carbocycles. The van der Waals surface area contributed by atoms with Crippen molar-refractivity contribution in [3.05, 3.63) is 177 Å². The van der Waals surface area contributed by atoms with Crippen molar-refractivity contribution < 1.29 is 0 Å². The van der Waals surface area contributed by atoms with E-state index in [1.54, 1.807) is 0 Å². The lowest BCUT2D eigenvalue weighted by Gasteiger charge is -2.31. The molecule has 278 valence electrons. The molecular weight excluding hydrogens is 685 g/mol. The molecule has 0 N–H and O–H groups in total. The number of hydrogen-bond donors (Lipinski definition) is 0. The lowest BCUT2D eigenvalue weighted by molar-refractivity contribution is 0.636. The van der Waals surface area contributed by atoms with Crippen LogP contribution < -0.4 is 0 Å². The molecule has 0 atom stereocenters. The molecule has 0 heteroatoms. The smallest absolute Gasteiger partial charge is 0.0165 e. The molecule has 0 heterocycles. The molecular formula is C57H50. The number of aryl methyl sites for hydroxylation is 4. The van der Waals surface area contributed by atoms with E-state index in [4.69, 9.17) is 0 Å². The molecule has 0 aliphatic heterocycles. The van der Waals surface area contributed by atoms with Crippen LogP contribution >= 0.6 is 0 Å². The van der Waals surface area contributed by atoms with Crippen LogP contribution in [0.4, 0.5) is 0 Å². The van der Waals surface area contributed by atoms with Gasteiger partial charge in [0.15, 0.2) is 0 Å². The lowest BCUT2D eigenvalue weighted by Crippen LogP contribution is -2.22. The molecule has 57 heavy (non-hydrogen) atoms. The van der Waals surface area contributed by atoms with Crippen LogP contribution in [0.1, 0.15) is 97.2 Å². The molecule has 11 rings (SSSR count). The summed E-state index contributed by atoms with van der Waals surface area (Å²) in [4.78, 5) is 0. The fraction of sp³-hybridized carbons (Fsp3) is 0.228. The van der Waals surface area contributed by atoms with Crippen molar-refractivity contribution in [1.82, 2.24) is 0 Å². The Morgan fingerprint density at radius 1 is 0.298 bits per heavy atom. The van der Waals surface area contributed by atoms with Gasteiger partial charge in [0.1, 0.15) is 0 Å². The van der Waals surface area contributed by atoms with Crippen LogP contribution in [0.2, 0.25) is 0 Å². The van der Waals surface area contributed by atoms with E-state index in [1.807, 2.05) is 0 Å². The second-order valence-corrected chi connectivity index (χ2v) is 19.2. The van der Waals surface area contributed by atoms with E-state index >= 15 is 0 Å². The highest BCUT2D eigenvalue weighted by atomic mass is 14.5. The maximum atomic E-state index is 2.64. The van der Waals surface area contributed by atoms with Crippen molar-refractivity contribution in [1.29, 1.82) is 0 Å². The zero-order valence-corrected chi connectivity index (χ0v) is 35.0. The summed E-state index contributed by atoms with van der Waals surface area (Å²) in [6.45, 7) is 23.9. The van der Waals surface area contributed by atoms with E-state index in [9.17, 15) is 0 Å². The van der Waals surface area contributed by atoms with Crippen molar-refractivity contribution in [3.63, 3.8) is 0 Å². The highest BCUT2D eigenvalue weighted by Gasteiger charge is 2.52. The van der Waals surface area contributed by atoms with Crippen molar-refractivity contribution >= 4 is 21.5 Å². The first-order chi connectivity index (χ1) is 27.2. The third-order valence-corrected chi connectivity index (χ3v) is 14.2. The summed E-state index contributed by atoms with van der Waals surface area (Å²) in [5.41, 5.74) is 27.3. The zero-order valence-electron chi connectivity index (χ0n) is 35.0. The third-order valence-electron chi connectivity index (χ3n) is 14.2. The Kier molecular flexibility index (Phi) is 6.80. The topological polar surface area (TPSA) is 0 Å². The molecule has 0 saturated heterocycles. The third kappa shape index (κ3) is 4.40. The van der Waals surface area contributed by atoms with Crippen LogP contribution in [0.15, 0.2) is 121 Å². The number of benzene rings is 8. The van der Waals surface area contributed by atoms with Gasteiger partial charge < -0.3 is 0 Å². The van der Waals surface area contributed by atoms with Crippen LogP contribution in [-0.4, -0.2) is 0 Å². The molecule has 0 unspecified atom stereocenters.